The molecule has 1 aliphatic rings. The van der Waals surface area contributed by atoms with E-state index in [9.17, 15) is 4.39 Å². The maximum absolute atomic E-state index is 14.2. The standard InChI is InChI=1S/C14H16FNO2S/c1-7-16-9-5-8(15)12-11(13(9)19-7)14(2,3)10(18-12)6-17-4/h5,10H,6H2,1-4H3. The Balaban J connectivity index is 2.27. The fraction of sp³-hybridized carbons (Fsp3) is 0.500. The topological polar surface area (TPSA) is 31.4 Å². The highest BCUT2D eigenvalue weighted by atomic mass is 32.1. The van der Waals surface area contributed by atoms with E-state index in [1.54, 1.807) is 18.4 Å². The largest absolute Gasteiger partial charge is 0.484 e. The molecule has 2 heterocycles. The first kappa shape index (κ1) is 12.8. The minimum Gasteiger partial charge on any atom is -0.484 e. The molecular formula is C14H16FNO2S. The molecule has 1 aromatic heterocycles. The summed E-state index contributed by atoms with van der Waals surface area (Å²) < 4.78 is 26.2. The molecule has 1 unspecified atom stereocenters. The van der Waals surface area contributed by atoms with Crippen molar-refractivity contribution in [2.45, 2.75) is 32.3 Å². The Bertz CT molecular complexity index is 650. The van der Waals surface area contributed by atoms with Gasteiger partial charge in [0.1, 0.15) is 6.10 Å². The molecule has 1 atom stereocenters. The molecule has 0 bridgehead atoms. The van der Waals surface area contributed by atoms with Crippen LogP contribution < -0.4 is 4.74 Å². The fourth-order valence-electron chi connectivity index (χ4n) is 2.67. The van der Waals surface area contributed by atoms with Gasteiger partial charge in [-0.2, -0.15) is 0 Å². The van der Waals surface area contributed by atoms with E-state index in [1.807, 2.05) is 6.92 Å². The molecule has 0 radical (unpaired) electrons. The first-order chi connectivity index (χ1) is 8.95. The number of rotatable bonds is 2. The van der Waals surface area contributed by atoms with E-state index in [1.165, 1.54) is 6.07 Å². The Morgan fingerprint density at radius 2 is 2.26 bits per heavy atom. The van der Waals surface area contributed by atoms with Crippen molar-refractivity contribution in [3.05, 3.63) is 22.5 Å². The lowest BCUT2D eigenvalue weighted by Crippen LogP contribution is -2.36. The summed E-state index contributed by atoms with van der Waals surface area (Å²) in [5, 5.41) is 0.939. The molecular weight excluding hydrogens is 265 g/mol. The molecule has 0 N–H and O–H groups in total. The SMILES string of the molecule is COCC1Oc2c(F)cc3nc(C)sc3c2C1(C)C. The third-order valence-corrected chi connectivity index (χ3v) is 4.73. The van der Waals surface area contributed by atoms with E-state index < -0.39 is 0 Å². The Hall–Kier alpha value is -1.20. The lowest BCUT2D eigenvalue weighted by atomic mass is 9.81. The molecule has 5 heteroatoms. The number of hydrogen-bond acceptors (Lipinski definition) is 4. The zero-order chi connectivity index (χ0) is 13.8. The Labute approximate surface area is 115 Å². The monoisotopic (exact) mass is 281 g/mol. The van der Waals surface area contributed by atoms with E-state index >= 15 is 0 Å². The molecule has 0 spiro atoms. The first-order valence-corrected chi connectivity index (χ1v) is 7.02. The zero-order valence-corrected chi connectivity index (χ0v) is 12.2. The minimum absolute atomic E-state index is 0.171. The van der Waals surface area contributed by atoms with Gasteiger partial charge in [0.15, 0.2) is 11.6 Å². The summed E-state index contributed by atoms with van der Waals surface area (Å²) in [6.07, 6.45) is -0.171. The third kappa shape index (κ3) is 1.75. The van der Waals surface area contributed by atoms with Crippen LogP contribution in [0.25, 0.3) is 10.2 Å². The molecule has 2 aromatic rings. The molecule has 102 valence electrons. The third-order valence-electron chi connectivity index (χ3n) is 3.72. The minimum atomic E-state index is -0.334. The van der Waals surface area contributed by atoms with Crippen LogP contribution in [0.2, 0.25) is 0 Å². The van der Waals surface area contributed by atoms with Gasteiger partial charge in [-0.3, -0.25) is 0 Å². The molecule has 19 heavy (non-hydrogen) atoms. The Kier molecular flexibility index (Phi) is 2.80. The van der Waals surface area contributed by atoms with Crippen LogP contribution in [0.3, 0.4) is 0 Å². The van der Waals surface area contributed by atoms with Gasteiger partial charge in [-0.25, -0.2) is 9.37 Å². The predicted molar refractivity (Wildman–Crippen MR) is 73.6 cm³/mol. The highest BCUT2D eigenvalue weighted by Gasteiger charge is 2.45. The molecule has 0 saturated heterocycles. The number of nitrogens with zero attached hydrogens (tertiary/aromatic N) is 1. The van der Waals surface area contributed by atoms with Crippen molar-refractivity contribution in [1.29, 1.82) is 0 Å². The normalized spacial score (nSPS) is 20.6. The molecule has 3 nitrogen and oxygen atoms in total. The van der Waals surface area contributed by atoms with Gasteiger partial charge in [-0.05, 0) is 6.92 Å². The van der Waals surface area contributed by atoms with Gasteiger partial charge >= 0.3 is 0 Å². The van der Waals surface area contributed by atoms with Crippen molar-refractivity contribution < 1.29 is 13.9 Å². The number of thiazole rings is 1. The summed E-state index contributed by atoms with van der Waals surface area (Å²) in [4.78, 5) is 4.38. The van der Waals surface area contributed by atoms with Crippen LogP contribution in [-0.4, -0.2) is 24.8 Å². The second-order valence-corrected chi connectivity index (χ2v) is 6.63. The quantitative estimate of drug-likeness (QED) is 0.845. The summed E-state index contributed by atoms with van der Waals surface area (Å²) >= 11 is 1.59. The number of ether oxygens (including phenoxy) is 2. The summed E-state index contributed by atoms with van der Waals surface area (Å²) in [5.41, 5.74) is 1.36. The van der Waals surface area contributed by atoms with Crippen molar-refractivity contribution in [3.63, 3.8) is 0 Å². The Morgan fingerprint density at radius 1 is 1.53 bits per heavy atom. The second kappa shape index (κ2) is 4.15. The number of halogens is 1. The highest BCUT2D eigenvalue weighted by Crippen LogP contribution is 2.49. The van der Waals surface area contributed by atoms with Crippen molar-refractivity contribution in [3.8, 4) is 5.75 Å². The smallest absolute Gasteiger partial charge is 0.167 e. The molecule has 0 amide bonds. The van der Waals surface area contributed by atoms with Gasteiger partial charge in [0.25, 0.3) is 0 Å². The zero-order valence-electron chi connectivity index (χ0n) is 11.4. The van der Waals surface area contributed by atoms with Crippen LogP contribution in [-0.2, 0) is 10.2 Å². The van der Waals surface area contributed by atoms with Crippen molar-refractivity contribution in [2.75, 3.05) is 13.7 Å². The van der Waals surface area contributed by atoms with Crippen LogP contribution in [0, 0.1) is 12.7 Å². The van der Waals surface area contributed by atoms with Gasteiger partial charge in [0.2, 0.25) is 0 Å². The lowest BCUT2D eigenvalue weighted by molar-refractivity contribution is 0.0580. The summed E-state index contributed by atoms with van der Waals surface area (Å²) in [5.74, 6) is 0.0303. The van der Waals surface area contributed by atoms with Gasteiger partial charge in [0.05, 0.1) is 21.8 Å². The summed E-state index contributed by atoms with van der Waals surface area (Å²) in [7, 11) is 1.63. The van der Waals surface area contributed by atoms with Crippen molar-refractivity contribution >= 4 is 21.6 Å². The van der Waals surface area contributed by atoms with Gasteiger partial charge in [-0.15, -0.1) is 11.3 Å². The van der Waals surface area contributed by atoms with Crippen molar-refractivity contribution in [1.82, 2.24) is 4.98 Å². The lowest BCUT2D eigenvalue weighted by Gasteiger charge is -2.25. The van der Waals surface area contributed by atoms with Crippen LogP contribution in [0.1, 0.15) is 24.4 Å². The van der Waals surface area contributed by atoms with Gasteiger partial charge < -0.3 is 9.47 Å². The van der Waals surface area contributed by atoms with Crippen molar-refractivity contribution in [2.24, 2.45) is 0 Å². The molecule has 1 aliphatic heterocycles. The second-order valence-electron chi connectivity index (χ2n) is 5.43. The van der Waals surface area contributed by atoms with E-state index in [0.29, 0.717) is 17.9 Å². The number of benzene rings is 1. The number of aromatic nitrogens is 1. The van der Waals surface area contributed by atoms with E-state index in [0.717, 1.165) is 15.3 Å². The molecule has 1 aromatic carbocycles. The summed E-state index contributed by atoms with van der Waals surface area (Å²) in [6, 6.07) is 1.46. The maximum atomic E-state index is 14.2. The fourth-order valence-corrected chi connectivity index (χ4v) is 3.78. The average molecular weight is 281 g/mol. The van der Waals surface area contributed by atoms with E-state index in [2.05, 4.69) is 18.8 Å². The number of aryl methyl sites for hydroxylation is 1. The average Bonchev–Trinajstić information content (AvgIpc) is 2.79. The van der Waals surface area contributed by atoms with Gasteiger partial charge in [0, 0.05) is 24.2 Å². The van der Waals surface area contributed by atoms with Crippen LogP contribution in [0.4, 0.5) is 4.39 Å². The summed E-state index contributed by atoms with van der Waals surface area (Å²) in [6.45, 7) is 6.51. The van der Waals surface area contributed by atoms with Gasteiger partial charge in [-0.1, -0.05) is 13.8 Å². The number of methoxy groups -OCH3 is 1. The highest BCUT2D eigenvalue weighted by molar-refractivity contribution is 7.18. The molecule has 3 rings (SSSR count). The first-order valence-electron chi connectivity index (χ1n) is 6.21. The van der Waals surface area contributed by atoms with Crippen LogP contribution in [0.5, 0.6) is 5.75 Å². The predicted octanol–water partition coefficient (Wildman–Crippen LogP) is 3.43. The molecule has 0 aliphatic carbocycles. The van der Waals surface area contributed by atoms with E-state index in [-0.39, 0.29) is 17.3 Å². The van der Waals surface area contributed by atoms with E-state index in [4.69, 9.17) is 9.47 Å². The van der Waals surface area contributed by atoms with Crippen LogP contribution in [0.15, 0.2) is 6.07 Å². The maximum Gasteiger partial charge on any atom is 0.167 e. The number of hydrogen-bond donors (Lipinski definition) is 0. The Morgan fingerprint density at radius 3 is 2.95 bits per heavy atom. The molecule has 0 saturated carbocycles. The van der Waals surface area contributed by atoms with Crippen LogP contribution >= 0.6 is 11.3 Å². The molecule has 0 fully saturated rings. The number of fused-ring (bicyclic) bond motifs is 3.